The highest BCUT2D eigenvalue weighted by Gasteiger charge is 2.37. The van der Waals surface area contributed by atoms with E-state index in [1.165, 1.54) is 11.8 Å². The van der Waals surface area contributed by atoms with Crippen LogP contribution in [0, 0.1) is 0 Å². The number of benzene rings is 2. The van der Waals surface area contributed by atoms with E-state index in [-0.39, 0.29) is 11.9 Å². The van der Waals surface area contributed by atoms with Crippen molar-refractivity contribution in [1.29, 1.82) is 0 Å². The molecular formula is C23H27N5O3S. The molecule has 0 aliphatic carbocycles. The molecule has 1 aliphatic rings. The van der Waals surface area contributed by atoms with Crippen molar-refractivity contribution in [3.8, 4) is 11.5 Å². The fourth-order valence-electron chi connectivity index (χ4n) is 3.59. The van der Waals surface area contributed by atoms with Crippen LogP contribution < -0.4 is 20.2 Å². The third-order valence-electron chi connectivity index (χ3n) is 5.12. The van der Waals surface area contributed by atoms with Crippen LogP contribution in [0.4, 0.5) is 5.69 Å². The van der Waals surface area contributed by atoms with E-state index in [0.29, 0.717) is 23.2 Å². The number of carbonyl (C=O) groups excluding carboxylic acids is 1. The van der Waals surface area contributed by atoms with Gasteiger partial charge in [-0.05, 0) is 43.2 Å². The molecule has 168 valence electrons. The number of ether oxygens (including phenoxy) is 2. The van der Waals surface area contributed by atoms with Gasteiger partial charge in [0.2, 0.25) is 11.1 Å². The van der Waals surface area contributed by atoms with E-state index < -0.39 is 5.25 Å². The molecule has 0 saturated carbocycles. The summed E-state index contributed by atoms with van der Waals surface area (Å²) < 4.78 is 12.8. The summed E-state index contributed by atoms with van der Waals surface area (Å²) in [4.78, 5) is 13.4. The summed E-state index contributed by atoms with van der Waals surface area (Å²) >= 11 is 1.41. The van der Waals surface area contributed by atoms with E-state index >= 15 is 0 Å². The van der Waals surface area contributed by atoms with Crippen LogP contribution in [0.2, 0.25) is 0 Å². The maximum atomic E-state index is 13.4. The van der Waals surface area contributed by atoms with Gasteiger partial charge in [0, 0.05) is 18.2 Å². The number of methoxy groups -OCH3 is 1. The Labute approximate surface area is 191 Å². The molecule has 0 bridgehead atoms. The second-order valence-electron chi connectivity index (χ2n) is 7.35. The Bertz CT molecular complexity index is 1070. The summed E-state index contributed by atoms with van der Waals surface area (Å²) in [7, 11) is 1.60. The molecule has 1 aliphatic heterocycles. The summed E-state index contributed by atoms with van der Waals surface area (Å²) in [5, 5.41) is 11.9. The predicted octanol–water partition coefficient (Wildman–Crippen LogP) is 4.04. The normalized spacial score (nSPS) is 17.2. The largest absolute Gasteiger partial charge is 0.497 e. The highest BCUT2D eigenvalue weighted by atomic mass is 32.2. The van der Waals surface area contributed by atoms with E-state index in [2.05, 4.69) is 27.9 Å². The maximum Gasteiger partial charge on any atom is 0.240 e. The standard InChI is InChI=1S/C23H27N5O3S/c1-4-7-19-25-26-23-28(19)27-20(15-10-12-17(13-11-15)31-5-2)21(32-23)22(29)24-16-8-6-9-18(14-16)30-3/h6,8-14,20-21,27H,4-5,7H2,1-3H3,(H,24,29). The Kier molecular flexibility index (Phi) is 6.84. The smallest absolute Gasteiger partial charge is 0.240 e. The summed E-state index contributed by atoms with van der Waals surface area (Å²) in [6.07, 6.45) is 1.76. The first-order chi connectivity index (χ1) is 15.6. The molecule has 0 radical (unpaired) electrons. The number of nitrogens with zero attached hydrogens (tertiary/aromatic N) is 3. The van der Waals surface area contributed by atoms with Crippen molar-refractivity contribution in [3.63, 3.8) is 0 Å². The fourth-order valence-corrected chi connectivity index (χ4v) is 4.69. The number of anilines is 1. The SMILES string of the molecule is CCCc1nnc2n1NC(c1ccc(OCC)cc1)C(C(=O)Nc1cccc(OC)c1)S2. The van der Waals surface area contributed by atoms with Gasteiger partial charge in [-0.25, -0.2) is 4.68 Å². The van der Waals surface area contributed by atoms with Crippen LogP contribution in [0.25, 0.3) is 0 Å². The third kappa shape index (κ3) is 4.67. The Hall–Kier alpha value is -3.20. The second-order valence-corrected chi connectivity index (χ2v) is 8.46. The Balaban J connectivity index is 1.64. The number of carbonyl (C=O) groups is 1. The number of amides is 1. The first-order valence-electron chi connectivity index (χ1n) is 10.7. The number of rotatable bonds is 8. The minimum Gasteiger partial charge on any atom is -0.497 e. The fraction of sp³-hybridized carbons (Fsp3) is 0.348. The summed E-state index contributed by atoms with van der Waals surface area (Å²) in [5.41, 5.74) is 5.14. The molecule has 2 atom stereocenters. The zero-order chi connectivity index (χ0) is 22.5. The lowest BCUT2D eigenvalue weighted by atomic mass is 10.0. The van der Waals surface area contributed by atoms with Gasteiger partial charge in [0.05, 0.1) is 19.8 Å². The van der Waals surface area contributed by atoms with Crippen molar-refractivity contribution in [3.05, 3.63) is 59.9 Å². The predicted molar refractivity (Wildman–Crippen MR) is 125 cm³/mol. The number of aryl methyl sites for hydroxylation is 1. The van der Waals surface area contributed by atoms with Gasteiger partial charge in [-0.2, -0.15) is 0 Å². The molecule has 1 aromatic heterocycles. The molecule has 2 heterocycles. The molecule has 32 heavy (non-hydrogen) atoms. The average molecular weight is 454 g/mol. The summed E-state index contributed by atoms with van der Waals surface area (Å²) in [6, 6.07) is 14.9. The summed E-state index contributed by atoms with van der Waals surface area (Å²) in [5.74, 6) is 2.22. The molecule has 0 saturated heterocycles. The lowest BCUT2D eigenvalue weighted by Crippen LogP contribution is -2.41. The van der Waals surface area contributed by atoms with E-state index in [0.717, 1.165) is 30.0 Å². The van der Waals surface area contributed by atoms with Gasteiger partial charge in [-0.15, -0.1) is 10.2 Å². The number of nitrogens with one attached hydrogen (secondary N) is 2. The molecule has 1 amide bonds. The van der Waals surface area contributed by atoms with E-state index in [9.17, 15) is 4.79 Å². The van der Waals surface area contributed by atoms with E-state index in [1.54, 1.807) is 13.2 Å². The van der Waals surface area contributed by atoms with Gasteiger partial charge >= 0.3 is 0 Å². The van der Waals surface area contributed by atoms with Crippen LogP contribution in [-0.4, -0.2) is 39.7 Å². The van der Waals surface area contributed by atoms with E-state index in [1.807, 2.05) is 54.1 Å². The number of hydrogen-bond acceptors (Lipinski definition) is 7. The molecule has 0 spiro atoms. The third-order valence-corrected chi connectivity index (χ3v) is 6.34. The quantitative estimate of drug-likeness (QED) is 0.532. The molecule has 9 heteroatoms. The van der Waals surface area contributed by atoms with Crippen molar-refractivity contribution in [2.75, 3.05) is 24.5 Å². The number of hydrogen-bond donors (Lipinski definition) is 2. The second kappa shape index (κ2) is 9.95. The Morgan fingerprint density at radius 1 is 1.16 bits per heavy atom. The molecule has 2 N–H and O–H groups in total. The number of thioether (sulfide) groups is 1. The molecule has 8 nitrogen and oxygen atoms in total. The zero-order valence-electron chi connectivity index (χ0n) is 18.4. The molecule has 2 aromatic carbocycles. The Morgan fingerprint density at radius 2 is 1.97 bits per heavy atom. The zero-order valence-corrected chi connectivity index (χ0v) is 19.2. The van der Waals surface area contributed by atoms with Crippen molar-refractivity contribution in [1.82, 2.24) is 14.9 Å². The maximum absolute atomic E-state index is 13.4. The molecule has 0 fully saturated rings. The van der Waals surface area contributed by atoms with Crippen molar-refractivity contribution in [2.45, 2.75) is 43.1 Å². The van der Waals surface area contributed by atoms with Gasteiger partial charge in [-0.3, -0.25) is 4.79 Å². The van der Waals surface area contributed by atoms with Crippen LogP contribution in [0.3, 0.4) is 0 Å². The molecule has 4 rings (SSSR count). The van der Waals surface area contributed by atoms with Gasteiger partial charge in [-0.1, -0.05) is 36.9 Å². The van der Waals surface area contributed by atoms with Crippen molar-refractivity contribution in [2.24, 2.45) is 0 Å². The van der Waals surface area contributed by atoms with Gasteiger partial charge < -0.3 is 20.2 Å². The van der Waals surface area contributed by atoms with Crippen molar-refractivity contribution < 1.29 is 14.3 Å². The minimum atomic E-state index is -0.453. The average Bonchev–Trinajstić information content (AvgIpc) is 3.21. The van der Waals surface area contributed by atoms with Gasteiger partial charge in [0.1, 0.15) is 16.7 Å². The topological polar surface area (TPSA) is 90.3 Å². The first kappa shape index (κ1) is 22.0. The first-order valence-corrected chi connectivity index (χ1v) is 11.6. The Morgan fingerprint density at radius 3 is 2.69 bits per heavy atom. The van der Waals surface area contributed by atoms with Gasteiger partial charge in [0.15, 0.2) is 5.82 Å². The lowest BCUT2D eigenvalue weighted by Gasteiger charge is -2.33. The number of fused-ring (bicyclic) bond motifs is 1. The highest BCUT2D eigenvalue weighted by Crippen LogP contribution is 2.38. The molecular weight excluding hydrogens is 426 g/mol. The van der Waals surface area contributed by atoms with Crippen LogP contribution in [0.15, 0.2) is 53.7 Å². The summed E-state index contributed by atoms with van der Waals surface area (Å²) in [6.45, 7) is 4.66. The minimum absolute atomic E-state index is 0.124. The highest BCUT2D eigenvalue weighted by molar-refractivity contribution is 8.00. The van der Waals surface area contributed by atoms with Crippen molar-refractivity contribution >= 4 is 23.4 Å². The lowest BCUT2D eigenvalue weighted by molar-refractivity contribution is -0.116. The van der Waals surface area contributed by atoms with E-state index in [4.69, 9.17) is 9.47 Å². The van der Waals surface area contributed by atoms with Crippen LogP contribution in [-0.2, 0) is 11.2 Å². The molecule has 3 aromatic rings. The molecule has 2 unspecified atom stereocenters. The monoisotopic (exact) mass is 453 g/mol. The van der Waals surface area contributed by atoms with Gasteiger partial charge in [0.25, 0.3) is 0 Å². The van der Waals surface area contributed by atoms with Crippen LogP contribution in [0.1, 0.15) is 37.7 Å². The van der Waals surface area contributed by atoms with Crippen LogP contribution in [0.5, 0.6) is 11.5 Å². The van der Waals surface area contributed by atoms with Crippen LogP contribution >= 0.6 is 11.8 Å². The number of aromatic nitrogens is 3.